The third kappa shape index (κ3) is 2.83. The zero-order chi connectivity index (χ0) is 21.7. The van der Waals surface area contributed by atoms with Crippen LogP contribution in [-0.4, -0.2) is 21.0 Å². The number of carboxylic acid groups (broad SMARTS) is 1. The normalized spacial score (nSPS) is 11.4. The maximum absolute atomic E-state index is 11.9. The van der Waals surface area contributed by atoms with Gasteiger partial charge in [0.1, 0.15) is 0 Å². The number of pyridine rings is 2. The second-order valence-corrected chi connectivity index (χ2v) is 7.74. The van der Waals surface area contributed by atoms with E-state index in [-0.39, 0.29) is 5.56 Å². The van der Waals surface area contributed by atoms with Crippen LogP contribution in [0.2, 0.25) is 0 Å². The Morgan fingerprint density at radius 3 is 1.94 bits per heavy atom. The first-order chi connectivity index (χ1) is 15.7. The highest BCUT2D eigenvalue weighted by Crippen LogP contribution is 2.34. The number of hydrogen-bond donors (Lipinski definition) is 2. The average Bonchev–Trinajstić information content (AvgIpc) is 2.83. The van der Waals surface area contributed by atoms with Gasteiger partial charge in [0.05, 0.1) is 28.0 Å². The van der Waals surface area contributed by atoms with Crippen molar-refractivity contribution in [1.82, 2.24) is 9.97 Å². The summed E-state index contributed by atoms with van der Waals surface area (Å²) in [6.07, 6.45) is 3.68. The number of nitrogens with zero attached hydrogens (tertiary/aromatic N) is 2. The van der Waals surface area contributed by atoms with Crippen molar-refractivity contribution in [3.63, 3.8) is 0 Å². The van der Waals surface area contributed by atoms with E-state index < -0.39 is 5.97 Å². The van der Waals surface area contributed by atoms with E-state index in [9.17, 15) is 9.90 Å². The van der Waals surface area contributed by atoms with E-state index >= 15 is 0 Å². The van der Waals surface area contributed by atoms with Crippen molar-refractivity contribution >= 4 is 60.7 Å². The molecular formula is C27H17N3O2. The van der Waals surface area contributed by atoms with E-state index in [0.29, 0.717) is 11.2 Å². The number of para-hydroxylation sites is 1. The molecule has 0 radical (unpaired) electrons. The number of nitrogens with one attached hydrogen (secondary N) is 1. The van der Waals surface area contributed by atoms with Crippen LogP contribution in [0.4, 0.5) is 11.4 Å². The minimum absolute atomic E-state index is 0.205. The highest BCUT2D eigenvalue weighted by Gasteiger charge is 2.14. The standard InChI is InChI=1S/C27H17N3O2/c31-27(32)18-12-22-20-9-4-2-7-17(20)15-29-26(22)24(13-18)30-23-11-5-10-21-19-8-3-1-6-16(19)14-28-25(21)23/h1-15,30H,(H,31,32). The summed E-state index contributed by atoms with van der Waals surface area (Å²) in [5.74, 6) is -0.982. The fourth-order valence-electron chi connectivity index (χ4n) is 4.32. The summed E-state index contributed by atoms with van der Waals surface area (Å²) in [6, 6.07) is 25.3. The van der Waals surface area contributed by atoms with Gasteiger partial charge in [0.15, 0.2) is 0 Å². The van der Waals surface area contributed by atoms with E-state index in [1.165, 1.54) is 0 Å². The van der Waals surface area contributed by atoms with Gasteiger partial charge in [-0.15, -0.1) is 0 Å². The third-order valence-corrected chi connectivity index (χ3v) is 5.83. The minimum Gasteiger partial charge on any atom is -0.478 e. The summed E-state index contributed by atoms with van der Waals surface area (Å²) in [7, 11) is 0. The van der Waals surface area contributed by atoms with Crippen molar-refractivity contribution < 1.29 is 9.90 Å². The molecule has 0 fully saturated rings. The smallest absolute Gasteiger partial charge is 0.335 e. The number of aromatic nitrogens is 2. The first kappa shape index (κ1) is 18.3. The van der Waals surface area contributed by atoms with Crippen molar-refractivity contribution in [1.29, 1.82) is 0 Å². The quantitative estimate of drug-likeness (QED) is 0.321. The van der Waals surface area contributed by atoms with Crippen LogP contribution in [0, 0.1) is 0 Å². The second kappa shape index (κ2) is 7.03. The molecule has 6 rings (SSSR count). The summed E-state index contributed by atoms with van der Waals surface area (Å²) in [4.78, 5) is 21.2. The van der Waals surface area contributed by atoms with Crippen LogP contribution in [0.25, 0.3) is 43.4 Å². The van der Waals surface area contributed by atoms with Crippen molar-refractivity contribution in [3.05, 3.63) is 96.8 Å². The average molecular weight is 415 g/mol. The van der Waals surface area contributed by atoms with Gasteiger partial charge in [-0.05, 0) is 29.0 Å². The van der Waals surface area contributed by atoms with Gasteiger partial charge in [-0.25, -0.2) is 4.79 Å². The van der Waals surface area contributed by atoms with Crippen molar-refractivity contribution in [2.45, 2.75) is 0 Å². The molecule has 2 N–H and O–H groups in total. The molecule has 0 saturated carbocycles. The van der Waals surface area contributed by atoms with Crippen LogP contribution in [0.3, 0.4) is 0 Å². The van der Waals surface area contributed by atoms with Gasteiger partial charge >= 0.3 is 5.97 Å². The van der Waals surface area contributed by atoms with Crippen molar-refractivity contribution in [2.75, 3.05) is 5.32 Å². The fraction of sp³-hybridized carbons (Fsp3) is 0. The lowest BCUT2D eigenvalue weighted by molar-refractivity contribution is 0.0697. The minimum atomic E-state index is -0.982. The Kier molecular flexibility index (Phi) is 4.01. The lowest BCUT2D eigenvalue weighted by atomic mass is 10.0. The van der Waals surface area contributed by atoms with Gasteiger partial charge in [0.25, 0.3) is 0 Å². The Balaban J connectivity index is 1.60. The lowest BCUT2D eigenvalue weighted by Gasteiger charge is -2.14. The molecule has 32 heavy (non-hydrogen) atoms. The SMILES string of the molecule is O=C(O)c1cc(Nc2cccc3c2ncc2ccccc23)c2ncc3ccccc3c2c1. The van der Waals surface area contributed by atoms with Crippen molar-refractivity contribution in [2.24, 2.45) is 0 Å². The number of aromatic carboxylic acids is 1. The molecule has 0 aliphatic rings. The van der Waals surface area contributed by atoms with Gasteiger partial charge in [-0.3, -0.25) is 9.97 Å². The largest absolute Gasteiger partial charge is 0.478 e. The first-order valence-electron chi connectivity index (χ1n) is 10.3. The molecule has 0 atom stereocenters. The highest BCUT2D eigenvalue weighted by molar-refractivity contribution is 6.13. The number of rotatable bonds is 3. The summed E-state index contributed by atoms with van der Waals surface area (Å²) >= 11 is 0. The number of anilines is 2. The fourth-order valence-corrected chi connectivity index (χ4v) is 4.32. The molecule has 4 aromatic carbocycles. The van der Waals surface area contributed by atoms with Gasteiger partial charge in [-0.1, -0.05) is 60.7 Å². The molecule has 0 unspecified atom stereocenters. The van der Waals surface area contributed by atoms with Gasteiger partial charge in [-0.2, -0.15) is 0 Å². The Morgan fingerprint density at radius 1 is 0.656 bits per heavy atom. The molecule has 2 heterocycles. The second-order valence-electron chi connectivity index (χ2n) is 7.74. The highest BCUT2D eigenvalue weighted by atomic mass is 16.4. The van der Waals surface area contributed by atoms with E-state index in [1.807, 2.05) is 73.1 Å². The van der Waals surface area contributed by atoms with E-state index in [0.717, 1.165) is 43.5 Å². The Hall–Kier alpha value is -4.51. The van der Waals surface area contributed by atoms with Crippen LogP contribution < -0.4 is 5.32 Å². The Bertz CT molecular complexity index is 1690. The van der Waals surface area contributed by atoms with Crippen LogP contribution in [0.5, 0.6) is 0 Å². The number of benzene rings is 4. The first-order valence-corrected chi connectivity index (χ1v) is 10.3. The summed E-state index contributed by atoms with van der Waals surface area (Å²) in [5.41, 5.74) is 3.17. The Labute approximate surface area is 183 Å². The lowest BCUT2D eigenvalue weighted by Crippen LogP contribution is -2.01. The molecule has 0 amide bonds. The predicted octanol–water partition coefficient (Wildman–Crippen LogP) is 6.53. The molecule has 0 aliphatic carbocycles. The monoisotopic (exact) mass is 415 g/mol. The molecule has 152 valence electrons. The van der Waals surface area contributed by atoms with Crippen LogP contribution in [0.1, 0.15) is 10.4 Å². The van der Waals surface area contributed by atoms with E-state index in [1.54, 1.807) is 12.1 Å². The van der Waals surface area contributed by atoms with Crippen LogP contribution in [0.15, 0.2) is 91.3 Å². The Morgan fingerprint density at radius 2 is 1.25 bits per heavy atom. The van der Waals surface area contributed by atoms with Crippen LogP contribution >= 0.6 is 0 Å². The molecule has 2 aromatic heterocycles. The number of fused-ring (bicyclic) bond motifs is 6. The molecular weight excluding hydrogens is 398 g/mol. The molecule has 0 bridgehead atoms. The maximum atomic E-state index is 11.9. The number of carbonyl (C=O) groups is 1. The number of carboxylic acids is 1. The van der Waals surface area contributed by atoms with Crippen LogP contribution in [-0.2, 0) is 0 Å². The number of hydrogen-bond acceptors (Lipinski definition) is 4. The van der Waals surface area contributed by atoms with Gasteiger partial charge < -0.3 is 10.4 Å². The molecule has 5 nitrogen and oxygen atoms in total. The molecule has 5 heteroatoms. The zero-order valence-electron chi connectivity index (χ0n) is 16.9. The van der Waals surface area contributed by atoms with Gasteiger partial charge in [0, 0.05) is 33.9 Å². The third-order valence-electron chi connectivity index (χ3n) is 5.83. The molecule has 0 aliphatic heterocycles. The summed E-state index contributed by atoms with van der Waals surface area (Å²) in [6.45, 7) is 0. The predicted molar refractivity (Wildman–Crippen MR) is 129 cm³/mol. The topological polar surface area (TPSA) is 75.1 Å². The molecule has 0 spiro atoms. The van der Waals surface area contributed by atoms with E-state index in [2.05, 4.69) is 16.4 Å². The van der Waals surface area contributed by atoms with Crippen molar-refractivity contribution in [3.8, 4) is 0 Å². The van der Waals surface area contributed by atoms with Gasteiger partial charge in [0.2, 0.25) is 0 Å². The zero-order valence-corrected chi connectivity index (χ0v) is 16.9. The van der Waals surface area contributed by atoms with E-state index in [4.69, 9.17) is 4.98 Å². The summed E-state index contributed by atoms with van der Waals surface area (Å²) in [5, 5.41) is 19.1. The summed E-state index contributed by atoms with van der Waals surface area (Å²) < 4.78 is 0. The maximum Gasteiger partial charge on any atom is 0.335 e. The molecule has 0 saturated heterocycles. The molecule has 6 aromatic rings.